The number of fused-ring (bicyclic) bond motifs is 2. The van der Waals surface area contributed by atoms with E-state index in [4.69, 9.17) is 14.2 Å². The van der Waals surface area contributed by atoms with Crippen LogP contribution >= 0.6 is 0 Å². The summed E-state index contributed by atoms with van der Waals surface area (Å²) in [5, 5.41) is 11.6. The molecule has 37 heavy (non-hydrogen) atoms. The van der Waals surface area contributed by atoms with Crippen molar-refractivity contribution in [2.75, 3.05) is 18.3 Å². The van der Waals surface area contributed by atoms with Gasteiger partial charge in [-0.25, -0.2) is 0 Å². The van der Waals surface area contributed by atoms with Crippen LogP contribution in [0.1, 0.15) is 39.2 Å². The third kappa shape index (κ3) is 3.31. The lowest BCUT2D eigenvalue weighted by atomic mass is 9.86. The van der Waals surface area contributed by atoms with Crippen molar-refractivity contribution in [3.05, 3.63) is 87.5 Å². The van der Waals surface area contributed by atoms with Crippen LogP contribution in [0.25, 0.3) is 0 Å². The van der Waals surface area contributed by atoms with Crippen LogP contribution < -0.4 is 19.1 Å². The van der Waals surface area contributed by atoms with E-state index in [-0.39, 0.29) is 17.9 Å². The third-order valence-corrected chi connectivity index (χ3v) is 6.63. The standard InChI is InChI=1S/C26H19N3O8/c1-2-35-16-9-7-15(8-10-16)27-22(14-6-11-19-20(12-14)37-13-36-19)23(26(27)32)28-24(30)17-4-3-5-18(29(33)34)21(17)25(28)31/h3-12,22-23H,2,13H2,1H3/t22-,23-/m1/s1. The molecule has 3 aliphatic heterocycles. The van der Waals surface area contributed by atoms with Gasteiger partial charge in [0, 0.05) is 11.8 Å². The fraction of sp³-hybridized carbons (Fsp3) is 0.192. The summed E-state index contributed by atoms with van der Waals surface area (Å²) < 4.78 is 16.4. The minimum Gasteiger partial charge on any atom is -0.494 e. The molecule has 0 radical (unpaired) electrons. The SMILES string of the molecule is CCOc1ccc(N2C(=O)[C@H](N3C(=O)c4cccc([N+](=O)[O-])c4C3=O)[C@H]2c2ccc3c(c2)OCO3)cc1. The topological polar surface area (TPSA) is 129 Å². The van der Waals surface area contributed by atoms with Crippen LogP contribution in [0.15, 0.2) is 60.7 Å². The van der Waals surface area contributed by atoms with Crippen molar-refractivity contribution < 1.29 is 33.5 Å². The van der Waals surface area contributed by atoms with Gasteiger partial charge in [0.2, 0.25) is 6.79 Å². The molecule has 0 aromatic heterocycles. The Bertz CT molecular complexity index is 1490. The number of carbonyl (C=O) groups is 3. The average molecular weight is 501 g/mol. The van der Waals surface area contributed by atoms with E-state index in [1.165, 1.54) is 17.0 Å². The van der Waals surface area contributed by atoms with Gasteiger partial charge in [-0.15, -0.1) is 0 Å². The number of carbonyl (C=O) groups excluding carboxylic acids is 3. The molecule has 3 aromatic carbocycles. The minimum absolute atomic E-state index is 0.0521. The first kappa shape index (κ1) is 22.5. The Morgan fingerprint density at radius 1 is 0.946 bits per heavy atom. The normalized spacial score (nSPS) is 19.6. The van der Waals surface area contributed by atoms with Crippen molar-refractivity contribution in [1.29, 1.82) is 0 Å². The number of rotatable bonds is 6. The van der Waals surface area contributed by atoms with Gasteiger partial charge in [0.05, 0.1) is 23.1 Å². The average Bonchev–Trinajstić information content (AvgIpc) is 3.46. The highest BCUT2D eigenvalue weighted by atomic mass is 16.7. The fourth-order valence-corrected chi connectivity index (χ4v) is 5.00. The number of ether oxygens (including phenoxy) is 3. The predicted octanol–water partition coefficient (Wildman–Crippen LogP) is 3.47. The Kier molecular flexibility index (Phi) is 5.07. The van der Waals surface area contributed by atoms with Crippen LogP contribution in [0, 0.1) is 10.1 Å². The van der Waals surface area contributed by atoms with Crippen molar-refractivity contribution in [3.8, 4) is 17.2 Å². The summed E-state index contributed by atoms with van der Waals surface area (Å²) in [5.74, 6) is -0.482. The molecule has 3 heterocycles. The second kappa shape index (κ2) is 8.33. The van der Waals surface area contributed by atoms with Gasteiger partial charge >= 0.3 is 0 Å². The fourth-order valence-electron chi connectivity index (χ4n) is 5.00. The van der Waals surface area contributed by atoms with E-state index >= 15 is 0 Å². The molecule has 1 fully saturated rings. The molecular weight excluding hydrogens is 482 g/mol. The first-order valence-electron chi connectivity index (χ1n) is 11.5. The van der Waals surface area contributed by atoms with Gasteiger partial charge in [-0.3, -0.25) is 29.4 Å². The molecule has 0 aliphatic carbocycles. The summed E-state index contributed by atoms with van der Waals surface area (Å²) in [6, 6.07) is 13.9. The Labute approximate surface area is 209 Å². The molecule has 0 bridgehead atoms. The number of hydrogen-bond donors (Lipinski definition) is 0. The second-order valence-corrected chi connectivity index (χ2v) is 8.57. The third-order valence-electron chi connectivity index (χ3n) is 6.63. The van der Waals surface area contributed by atoms with Gasteiger partial charge in [-0.1, -0.05) is 12.1 Å². The lowest BCUT2D eigenvalue weighted by molar-refractivity contribution is -0.385. The van der Waals surface area contributed by atoms with E-state index in [9.17, 15) is 24.5 Å². The van der Waals surface area contributed by atoms with E-state index in [1.54, 1.807) is 42.5 Å². The quantitative estimate of drug-likeness (QED) is 0.217. The van der Waals surface area contributed by atoms with Gasteiger partial charge in [0.25, 0.3) is 23.4 Å². The lowest BCUT2D eigenvalue weighted by Gasteiger charge is -2.49. The maximum atomic E-state index is 13.6. The molecule has 3 aromatic rings. The maximum absolute atomic E-state index is 13.6. The highest BCUT2D eigenvalue weighted by Crippen LogP contribution is 2.47. The molecule has 2 atom stereocenters. The summed E-state index contributed by atoms with van der Waals surface area (Å²) in [4.78, 5) is 53.5. The first-order chi connectivity index (χ1) is 17.9. The highest BCUT2D eigenvalue weighted by Gasteiger charge is 2.58. The number of benzene rings is 3. The molecule has 11 heteroatoms. The number of nitro groups is 1. The summed E-state index contributed by atoms with van der Waals surface area (Å²) in [7, 11) is 0. The smallest absolute Gasteiger partial charge is 0.282 e. The van der Waals surface area contributed by atoms with Crippen molar-refractivity contribution in [2.24, 2.45) is 0 Å². The van der Waals surface area contributed by atoms with E-state index in [2.05, 4.69) is 0 Å². The van der Waals surface area contributed by atoms with Crippen LogP contribution in [-0.4, -0.2) is 47.0 Å². The molecule has 0 saturated carbocycles. The summed E-state index contributed by atoms with van der Waals surface area (Å²) in [6.45, 7) is 2.39. The van der Waals surface area contributed by atoms with Crippen LogP contribution in [0.5, 0.6) is 17.2 Å². The molecule has 1 saturated heterocycles. The van der Waals surface area contributed by atoms with Crippen LogP contribution in [0.2, 0.25) is 0 Å². The van der Waals surface area contributed by atoms with Gasteiger partial charge in [0.15, 0.2) is 11.5 Å². The molecule has 0 N–H and O–H groups in total. The number of amides is 3. The molecule has 0 unspecified atom stereocenters. The molecule has 186 valence electrons. The van der Waals surface area contributed by atoms with Gasteiger partial charge in [-0.05, 0) is 55.0 Å². The second-order valence-electron chi connectivity index (χ2n) is 8.57. The van der Waals surface area contributed by atoms with E-state index in [1.807, 2.05) is 6.92 Å². The highest BCUT2D eigenvalue weighted by molar-refractivity contribution is 6.26. The van der Waals surface area contributed by atoms with E-state index in [0.29, 0.717) is 35.1 Å². The number of imide groups is 1. The summed E-state index contributed by atoms with van der Waals surface area (Å²) >= 11 is 0. The van der Waals surface area contributed by atoms with Crippen molar-refractivity contribution >= 4 is 29.1 Å². The predicted molar refractivity (Wildman–Crippen MR) is 128 cm³/mol. The Balaban J connectivity index is 1.43. The van der Waals surface area contributed by atoms with Gasteiger partial charge in [-0.2, -0.15) is 0 Å². The minimum atomic E-state index is -1.21. The Morgan fingerprint density at radius 3 is 2.43 bits per heavy atom. The van der Waals surface area contributed by atoms with Crippen LogP contribution in [0.4, 0.5) is 11.4 Å². The largest absolute Gasteiger partial charge is 0.494 e. The molecule has 0 spiro atoms. The van der Waals surface area contributed by atoms with Crippen LogP contribution in [-0.2, 0) is 4.79 Å². The monoisotopic (exact) mass is 501 g/mol. The molecule has 6 rings (SSSR count). The summed E-state index contributed by atoms with van der Waals surface area (Å²) in [6.07, 6.45) is 0. The number of nitro benzene ring substituents is 1. The molecule has 3 amide bonds. The Hall–Kier alpha value is -4.93. The number of β-lactam (4-membered cyclic amide) rings is 1. The van der Waals surface area contributed by atoms with Crippen LogP contribution in [0.3, 0.4) is 0 Å². The van der Waals surface area contributed by atoms with Gasteiger partial charge < -0.3 is 19.1 Å². The van der Waals surface area contributed by atoms with Crippen molar-refractivity contribution in [2.45, 2.75) is 19.0 Å². The van der Waals surface area contributed by atoms with Crippen molar-refractivity contribution in [1.82, 2.24) is 4.90 Å². The molecule has 11 nitrogen and oxygen atoms in total. The van der Waals surface area contributed by atoms with Crippen molar-refractivity contribution in [3.63, 3.8) is 0 Å². The molecular formula is C26H19N3O8. The maximum Gasteiger partial charge on any atom is 0.282 e. The zero-order chi connectivity index (χ0) is 25.8. The zero-order valence-corrected chi connectivity index (χ0v) is 19.5. The number of hydrogen-bond acceptors (Lipinski definition) is 8. The van der Waals surface area contributed by atoms with E-state index < -0.39 is 40.4 Å². The number of anilines is 1. The van der Waals surface area contributed by atoms with Gasteiger partial charge in [0.1, 0.15) is 17.4 Å². The van der Waals surface area contributed by atoms with E-state index in [0.717, 1.165) is 11.0 Å². The number of nitrogens with zero attached hydrogens (tertiary/aromatic N) is 3. The Morgan fingerprint density at radius 2 is 1.70 bits per heavy atom. The first-order valence-corrected chi connectivity index (χ1v) is 11.5. The summed E-state index contributed by atoms with van der Waals surface area (Å²) in [5.41, 5.74) is 0.252. The molecule has 3 aliphatic rings. The zero-order valence-electron chi connectivity index (χ0n) is 19.5. The lowest BCUT2D eigenvalue weighted by Crippen LogP contribution is -2.67.